The van der Waals surface area contributed by atoms with E-state index in [1.165, 1.54) is 6.20 Å². The summed E-state index contributed by atoms with van der Waals surface area (Å²) in [6.45, 7) is 0.446. The van der Waals surface area contributed by atoms with E-state index in [9.17, 15) is 10.1 Å². The molecule has 0 aliphatic carbocycles. The van der Waals surface area contributed by atoms with Crippen LogP contribution in [0.15, 0.2) is 24.5 Å². The Hall–Kier alpha value is -2.22. The minimum atomic E-state index is -0.465. The second-order valence-corrected chi connectivity index (χ2v) is 4.30. The molecule has 18 heavy (non-hydrogen) atoms. The summed E-state index contributed by atoms with van der Waals surface area (Å²) in [7, 11) is 1.54. The third-order valence-corrected chi connectivity index (χ3v) is 3.05. The van der Waals surface area contributed by atoms with E-state index in [1.807, 2.05) is 6.07 Å². The number of hydrogen-bond acceptors (Lipinski definition) is 7. The maximum Gasteiger partial charge on any atom is 0.345 e. The van der Waals surface area contributed by atoms with Gasteiger partial charge in [-0.05, 0) is 17.4 Å². The van der Waals surface area contributed by atoms with E-state index in [4.69, 9.17) is 4.74 Å². The highest BCUT2D eigenvalue weighted by atomic mass is 32.1. The van der Waals surface area contributed by atoms with Crippen LogP contribution in [0.5, 0.6) is 5.88 Å². The minimum Gasteiger partial charge on any atom is -0.481 e. The number of methoxy groups -OCH3 is 1. The Morgan fingerprint density at radius 1 is 1.56 bits per heavy atom. The number of aromatic nitrogens is 2. The maximum atomic E-state index is 10.5. The van der Waals surface area contributed by atoms with Gasteiger partial charge >= 0.3 is 5.00 Å². The molecule has 2 aromatic heterocycles. The van der Waals surface area contributed by atoms with Gasteiger partial charge in [-0.15, -0.1) is 0 Å². The number of nitro groups is 1. The molecule has 0 aliphatic heterocycles. The Kier molecular flexibility index (Phi) is 3.68. The Morgan fingerprint density at radius 3 is 3.06 bits per heavy atom. The van der Waals surface area contributed by atoms with Gasteiger partial charge in [-0.25, -0.2) is 9.97 Å². The van der Waals surface area contributed by atoms with E-state index in [2.05, 4.69) is 15.3 Å². The van der Waals surface area contributed by atoms with Crippen molar-refractivity contribution < 1.29 is 9.66 Å². The summed E-state index contributed by atoms with van der Waals surface area (Å²) >= 11 is 0.991. The monoisotopic (exact) mass is 266 g/mol. The third-order valence-electron chi connectivity index (χ3n) is 2.15. The molecule has 0 unspecified atom stereocenters. The highest BCUT2D eigenvalue weighted by Crippen LogP contribution is 2.25. The molecule has 0 saturated carbocycles. The zero-order chi connectivity index (χ0) is 13.0. The number of hydrogen-bond donors (Lipinski definition) is 1. The second kappa shape index (κ2) is 5.41. The first-order valence-corrected chi connectivity index (χ1v) is 5.84. The van der Waals surface area contributed by atoms with Crippen molar-refractivity contribution in [3.05, 3.63) is 40.2 Å². The number of rotatable bonds is 5. The van der Waals surface area contributed by atoms with Crippen LogP contribution in [0.3, 0.4) is 0 Å². The smallest absolute Gasteiger partial charge is 0.345 e. The van der Waals surface area contributed by atoms with E-state index < -0.39 is 4.92 Å². The largest absolute Gasteiger partial charge is 0.481 e. The number of nitrogens with one attached hydrogen (secondary N) is 1. The summed E-state index contributed by atoms with van der Waals surface area (Å²) in [5.74, 6) is 0.524. The van der Waals surface area contributed by atoms with Crippen molar-refractivity contribution in [3.8, 4) is 5.88 Å². The fourth-order valence-corrected chi connectivity index (χ4v) is 1.97. The summed E-state index contributed by atoms with van der Waals surface area (Å²) in [5.41, 5.74) is 0.859. The Bertz CT molecular complexity index is 558. The van der Waals surface area contributed by atoms with Crippen LogP contribution in [0.1, 0.15) is 5.56 Å². The van der Waals surface area contributed by atoms with Gasteiger partial charge in [0.25, 0.3) is 0 Å². The molecule has 7 nitrogen and oxygen atoms in total. The van der Waals surface area contributed by atoms with Gasteiger partial charge in [-0.2, -0.15) is 0 Å². The fourth-order valence-electron chi connectivity index (χ4n) is 1.35. The topological polar surface area (TPSA) is 90.2 Å². The summed E-state index contributed by atoms with van der Waals surface area (Å²) in [5, 5.41) is 14.0. The molecule has 0 atom stereocenters. The molecule has 0 amide bonds. The van der Waals surface area contributed by atoms with E-state index in [1.54, 1.807) is 19.4 Å². The number of nitrogens with zero attached hydrogens (tertiary/aromatic N) is 3. The van der Waals surface area contributed by atoms with Gasteiger partial charge in [0.2, 0.25) is 5.88 Å². The lowest BCUT2D eigenvalue weighted by Gasteiger charge is -2.06. The highest BCUT2D eigenvalue weighted by Gasteiger charge is 2.11. The predicted octanol–water partition coefficient (Wildman–Crippen LogP) is 2.07. The van der Waals surface area contributed by atoms with Gasteiger partial charge in [-0.1, -0.05) is 6.07 Å². The number of pyridine rings is 1. The minimum absolute atomic E-state index is 0.00986. The van der Waals surface area contributed by atoms with Gasteiger partial charge in [0.05, 0.1) is 12.0 Å². The molecule has 0 fully saturated rings. The summed E-state index contributed by atoms with van der Waals surface area (Å²) < 4.78 is 5.10. The van der Waals surface area contributed by atoms with Gasteiger partial charge in [-0.3, -0.25) is 10.1 Å². The first-order valence-electron chi connectivity index (χ1n) is 5.02. The van der Waals surface area contributed by atoms with Crippen LogP contribution in [0, 0.1) is 10.1 Å². The van der Waals surface area contributed by atoms with E-state index >= 15 is 0 Å². The first kappa shape index (κ1) is 12.2. The number of ether oxygens (including phenoxy) is 1. The van der Waals surface area contributed by atoms with Gasteiger partial charge in [0.1, 0.15) is 6.20 Å². The fraction of sp³-hybridized carbons (Fsp3) is 0.200. The van der Waals surface area contributed by atoms with Crippen LogP contribution < -0.4 is 10.1 Å². The molecule has 8 heteroatoms. The molecule has 2 aromatic rings. The van der Waals surface area contributed by atoms with Crippen LogP contribution in [0.2, 0.25) is 0 Å². The Labute approximate surface area is 107 Å². The van der Waals surface area contributed by atoms with Crippen LogP contribution in [-0.2, 0) is 6.54 Å². The van der Waals surface area contributed by atoms with Crippen molar-refractivity contribution in [2.75, 3.05) is 12.4 Å². The molecular formula is C10H10N4O3S. The molecule has 0 spiro atoms. The molecule has 0 bridgehead atoms. The number of anilines is 1. The van der Waals surface area contributed by atoms with E-state index in [-0.39, 0.29) is 5.00 Å². The molecular weight excluding hydrogens is 256 g/mol. The van der Waals surface area contributed by atoms with Crippen molar-refractivity contribution >= 4 is 21.5 Å². The lowest BCUT2D eigenvalue weighted by molar-refractivity contribution is -0.380. The third kappa shape index (κ3) is 2.72. The molecule has 0 aromatic carbocycles. The second-order valence-electron chi connectivity index (χ2n) is 3.29. The lowest BCUT2D eigenvalue weighted by atomic mass is 10.3. The molecule has 0 radical (unpaired) electrons. The molecule has 2 heterocycles. The first-order chi connectivity index (χ1) is 8.70. The van der Waals surface area contributed by atoms with E-state index in [0.717, 1.165) is 16.9 Å². The average molecular weight is 266 g/mol. The average Bonchev–Trinajstić information content (AvgIpc) is 2.85. The summed E-state index contributed by atoms with van der Waals surface area (Å²) in [4.78, 5) is 18.0. The highest BCUT2D eigenvalue weighted by molar-refractivity contribution is 7.18. The zero-order valence-electron chi connectivity index (χ0n) is 9.49. The maximum absolute atomic E-state index is 10.5. The van der Waals surface area contributed by atoms with Crippen LogP contribution in [0.4, 0.5) is 10.1 Å². The van der Waals surface area contributed by atoms with Crippen LogP contribution >= 0.6 is 11.3 Å². The SMILES string of the molecule is COc1ncccc1CNc1ncc([N+](=O)[O-])s1. The van der Waals surface area contributed by atoms with Gasteiger partial charge in [0.15, 0.2) is 5.13 Å². The molecule has 1 N–H and O–H groups in total. The van der Waals surface area contributed by atoms with Gasteiger partial charge < -0.3 is 10.1 Å². The van der Waals surface area contributed by atoms with E-state index in [0.29, 0.717) is 17.6 Å². The van der Waals surface area contributed by atoms with Crippen molar-refractivity contribution in [1.29, 1.82) is 0 Å². The quantitative estimate of drug-likeness (QED) is 0.658. The molecule has 0 saturated heterocycles. The number of thiazole rings is 1. The van der Waals surface area contributed by atoms with Crippen molar-refractivity contribution in [2.45, 2.75) is 6.54 Å². The Balaban J connectivity index is 2.04. The standard InChI is InChI=1S/C10H10N4O3S/c1-17-9-7(3-2-4-11-9)5-12-10-13-6-8(18-10)14(15)16/h2-4,6H,5H2,1H3,(H,12,13). The predicted molar refractivity (Wildman–Crippen MR) is 66.9 cm³/mol. The molecule has 0 aliphatic rings. The normalized spacial score (nSPS) is 10.1. The summed E-state index contributed by atoms with van der Waals surface area (Å²) in [6, 6.07) is 3.66. The zero-order valence-corrected chi connectivity index (χ0v) is 10.3. The molecule has 2 rings (SSSR count). The van der Waals surface area contributed by atoms with Crippen molar-refractivity contribution in [3.63, 3.8) is 0 Å². The van der Waals surface area contributed by atoms with Crippen molar-refractivity contribution in [2.24, 2.45) is 0 Å². The molecule has 94 valence electrons. The van der Waals surface area contributed by atoms with Crippen LogP contribution in [-0.4, -0.2) is 22.0 Å². The lowest BCUT2D eigenvalue weighted by Crippen LogP contribution is -2.02. The van der Waals surface area contributed by atoms with Crippen LogP contribution in [0.25, 0.3) is 0 Å². The summed E-state index contributed by atoms with van der Waals surface area (Å²) in [6.07, 6.45) is 2.87. The van der Waals surface area contributed by atoms with Crippen molar-refractivity contribution in [1.82, 2.24) is 9.97 Å². The van der Waals surface area contributed by atoms with Gasteiger partial charge in [0, 0.05) is 18.3 Å². The Morgan fingerprint density at radius 2 is 2.39 bits per heavy atom.